The Kier molecular flexibility index (Phi) is 12.5. The van der Waals surface area contributed by atoms with E-state index in [4.69, 9.17) is 28.4 Å². The van der Waals surface area contributed by atoms with Gasteiger partial charge in [-0.1, -0.05) is 40.2 Å². The maximum atomic E-state index is 12.1. The molecule has 1 N–H and O–H groups in total. The third-order valence-corrected chi connectivity index (χ3v) is 18.3. The molecule has 14 aliphatic rings. The fraction of sp³-hybridized carbons (Fsp3) is 0.736. The number of aliphatic hydroxyl groups is 1. The number of hydrogen-bond donors (Lipinski definition) is 1. The Balaban J connectivity index is 0.000000111. The first-order valence-corrected chi connectivity index (χ1v) is 24.9. The molecule has 12 atom stereocenters. The molecular weight excluding hydrogens is 845 g/mol. The Labute approximate surface area is 388 Å². The van der Waals surface area contributed by atoms with Crippen LogP contribution in [0.25, 0.3) is 0 Å². The van der Waals surface area contributed by atoms with Crippen molar-refractivity contribution in [1.29, 1.82) is 0 Å². The Morgan fingerprint density at radius 2 is 1.06 bits per heavy atom. The molecule has 0 aromatic heterocycles. The van der Waals surface area contributed by atoms with Crippen LogP contribution < -0.4 is 0 Å². The zero-order valence-electron chi connectivity index (χ0n) is 39.2. The van der Waals surface area contributed by atoms with Crippen molar-refractivity contribution in [2.24, 2.45) is 82.9 Å². The molecule has 12 aliphatic carbocycles. The summed E-state index contributed by atoms with van der Waals surface area (Å²) in [6, 6.07) is 0. The number of esters is 6. The fourth-order valence-corrected chi connectivity index (χ4v) is 16.2. The molecule has 0 aromatic carbocycles. The molecule has 12 unspecified atom stereocenters. The van der Waals surface area contributed by atoms with Crippen LogP contribution in [0.4, 0.5) is 0 Å². The number of carbonyl (C=O) groups is 6. The molecule has 0 amide bonds. The average Bonchev–Trinajstić information content (AvgIpc) is 4.09. The summed E-state index contributed by atoms with van der Waals surface area (Å²) in [7, 11) is 0. The first kappa shape index (κ1) is 46.8. The monoisotopic (exact) mass is 914 g/mol. The molecule has 360 valence electrons. The Morgan fingerprint density at radius 1 is 0.606 bits per heavy atom. The lowest BCUT2D eigenvalue weighted by Gasteiger charge is -2.61. The summed E-state index contributed by atoms with van der Waals surface area (Å²) in [6.07, 6.45) is 16.4. The van der Waals surface area contributed by atoms with Gasteiger partial charge in [-0.25, -0.2) is 19.2 Å². The predicted octanol–water partition coefficient (Wildman–Crippen LogP) is 7.33. The molecule has 2 aliphatic heterocycles. The van der Waals surface area contributed by atoms with Crippen LogP contribution in [-0.2, 0) is 57.2 Å². The number of rotatable bonds is 9. The van der Waals surface area contributed by atoms with E-state index in [2.05, 4.69) is 40.2 Å². The molecule has 13 heteroatoms. The SMILES string of the molecule is C=C(C)C(=O)OC1(C(C)C)C2CC3CC(C2)CC1C3.C=C(C)C(=O)OC1C2CC3C(=O)OC1C3C2.C=CC(=O)OC1C2CC3C(=O)OC1C3C2.C=CC(=O)OC1C2CC3CC1CC(O)(C3)C2. The van der Waals surface area contributed by atoms with Crippen LogP contribution in [0.15, 0.2) is 49.6 Å². The van der Waals surface area contributed by atoms with Crippen molar-refractivity contribution < 1.29 is 62.3 Å². The zero-order valence-corrected chi connectivity index (χ0v) is 39.2. The molecule has 14 fully saturated rings. The zero-order chi connectivity index (χ0) is 47.1. The number of ether oxygens (including phenoxy) is 6. The molecule has 12 bridgehead atoms. The molecule has 0 spiro atoms. The Morgan fingerprint density at radius 3 is 1.48 bits per heavy atom. The van der Waals surface area contributed by atoms with Gasteiger partial charge in [-0.2, -0.15) is 0 Å². The van der Waals surface area contributed by atoms with E-state index in [1.807, 2.05) is 0 Å². The van der Waals surface area contributed by atoms with Crippen molar-refractivity contribution in [1.82, 2.24) is 0 Å². The fourth-order valence-electron chi connectivity index (χ4n) is 16.2. The maximum Gasteiger partial charge on any atom is 0.333 e. The lowest BCUT2D eigenvalue weighted by molar-refractivity contribution is -0.221. The molecule has 0 radical (unpaired) electrons. The topological polar surface area (TPSA) is 178 Å². The van der Waals surface area contributed by atoms with E-state index in [-0.39, 0.29) is 89.6 Å². The summed E-state index contributed by atoms with van der Waals surface area (Å²) in [5, 5.41) is 10.4. The van der Waals surface area contributed by atoms with Crippen LogP contribution in [0, 0.1) is 82.9 Å². The lowest BCUT2D eigenvalue weighted by Crippen LogP contribution is -2.62. The minimum atomic E-state index is -0.451. The molecule has 2 saturated heterocycles. The second kappa shape index (κ2) is 17.7. The van der Waals surface area contributed by atoms with E-state index in [9.17, 15) is 33.9 Å². The van der Waals surface area contributed by atoms with Crippen LogP contribution in [0.2, 0.25) is 0 Å². The minimum Gasteiger partial charge on any atom is -0.459 e. The van der Waals surface area contributed by atoms with Gasteiger partial charge in [0.2, 0.25) is 0 Å². The molecule has 14 rings (SSSR count). The molecule has 2 heterocycles. The van der Waals surface area contributed by atoms with Crippen molar-refractivity contribution >= 4 is 35.8 Å². The highest BCUT2D eigenvalue weighted by molar-refractivity contribution is 5.88. The second-order valence-corrected chi connectivity index (χ2v) is 22.8. The first-order chi connectivity index (χ1) is 31.3. The highest BCUT2D eigenvalue weighted by Crippen LogP contribution is 2.62. The quantitative estimate of drug-likeness (QED) is 0.138. The highest BCUT2D eigenvalue weighted by atomic mass is 16.6. The van der Waals surface area contributed by atoms with Crippen molar-refractivity contribution in [3.63, 3.8) is 0 Å². The summed E-state index contributed by atoms with van der Waals surface area (Å²) in [5.74, 6) is 4.59. The van der Waals surface area contributed by atoms with Gasteiger partial charge in [0.1, 0.15) is 36.1 Å². The van der Waals surface area contributed by atoms with Crippen LogP contribution in [0.3, 0.4) is 0 Å². The van der Waals surface area contributed by atoms with E-state index >= 15 is 0 Å². The molecule has 13 nitrogen and oxygen atoms in total. The number of carbonyl (C=O) groups excluding carboxylic acids is 6. The predicted molar refractivity (Wildman–Crippen MR) is 238 cm³/mol. The van der Waals surface area contributed by atoms with E-state index in [0.29, 0.717) is 58.5 Å². The van der Waals surface area contributed by atoms with Gasteiger partial charge in [-0.15, -0.1) is 0 Å². The molecule has 0 aromatic rings. The minimum absolute atomic E-state index is 0.0299. The van der Waals surface area contributed by atoms with Gasteiger partial charge in [-0.3, -0.25) is 9.59 Å². The second-order valence-electron chi connectivity index (χ2n) is 22.8. The maximum absolute atomic E-state index is 12.1. The molecule has 66 heavy (non-hydrogen) atoms. The average molecular weight is 915 g/mol. The summed E-state index contributed by atoms with van der Waals surface area (Å²) in [6.45, 7) is 21.9. The van der Waals surface area contributed by atoms with Gasteiger partial charge < -0.3 is 33.5 Å². The van der Waals surface area contributed by atoms with Crippen molar-refractivity contribution in [3.8, 4) is 0 Å². The van der Waals surface area contributed by atoms with Crippen molar-refractivity contribution in [3.05, 3.63) is 49.6 Å². The normalized spacial score (nSPS) is 45.2. The van der Waals surface area contributed by atoms with E-state index < -0.39 is 11.6 Å². The van der Waals surface area contributed by atoms with Gasteiger partial charge in [-0.05, 0) is 151 Å². The van der Waals surface area contributed by atoms with Gasteiger partial charge in [0.15, 0.2) is 0 Å². The van der Waals surface area contributed by atoms with Crippen LogP contribution in [0.5, 0.6) is 0 Å². The van der Waals surface area contributed by atoms with Gasteiger partial charge in [0.05, 0.1) is 17.4 Å². The third kappa shape index (κ3) is 8.28. The highest BCUT2D eigenvalue weighted by Gasteiger charge is 2.65. The van der Waals surface area contributed by atoms with E-state index in [1.165, 1.54) is 38.2 Å². The summed E-state index contributed by atoms with van der Waals surface area (Å²) in [4.78, 5) is 68.9. The summed E-state index contributed by atoms with van der Waals surface area (Å²) in [5.41, 5.74) is 0.273. The lowest BCUT2D eigenvalue weighted by atomic mass is 9.47. The van der Waals surface area contributed by atoms with Crippen molar-refractivity contribution in [2.45, 2.75) is 159 Å². The van der Waals surface area contributed by atoms with E-state index in [0.717, 1.165) is 75.7 Å². The third-order valence-electron chi connectivity index (χ3n) is 18.3. The standard InChI is InChI=1S/C17H26O2.C13H18O3.C12H14O4.C11H12O4/c1-10(2)16(18)19-17(11(3)4)14-6-12-5-13(8-14)9-15(17)7-12;1-2-11(14)16-12-9-3-8-4-10(12)7-13(15,5-8)6-9;1-5(2)11(13)15-9-6-3-7-8(4-6)12(14)16-10(7)9;1-2-8(12)14-9-5-3-6-7(4-5)11(13)15-10(6)9/h11-15H,1,5-9H2,2-4H3;2,8-10,12,15H,1,3-7H2;6-10H,1,3-4H2,2H3;2,5-7,9-10H,1,3-4H2. The van der Waals surface area contributed by atoms with Crippen LogP contribution in [-0.4, -0.2) is 82.6 Å². The Hall–Kier alpha value is -4.26. The summed E-state index contributed by atoms with van der Waals surface area (Å²) < 4.78 is 32.7. The van der Waals surface area contributed by atoms with Crippen LogP contribution in [0.1, 0.15) is 118 Å². The van der Waals surface area contributed by atoms with Crippen LogP contribution >= 0.6 is 0 Å². The van der Waals surface area contributed by atoms with Crippen molar-refractivity contribution in [2.75, 3.05) is 0 Å². The largest absolute Gasteiger partial charge is 0.459 e. The number of fused-ring (bicyclic) bond motifs is 2. The van der Waals surface area contributed by atoms with Gasteiger partial charge in [0, 0.05) is 47.0 Å². The number of hydrogen-bond acceptors (Lipinski definition) is 13. The van der Waals surface area contributed by atoms with Gasteiger partial charge in [0.25, 0.3) is 0 Å². The molecule has 12 saturated carbocycles. The first-order valence-electron chi connectivity index (χ1n) is 24.9. The van der Waals surface area contributed by atoms with Gasteiger partial charge >= 0.3 is 35.8 Å². The smallest absolute Gasteiger partial charge is 0.333 e. The van der Waals surface area contributed by atoms with E-state index in [1.54, 1.807) is 13.8 Å². The summed E-state index contributed by atoms with van der Waals surface area (Å²) >= 11 is 0. The molecular formula is C53H70O13. The Bertz CT molecular complexity index is 2010.